The number of methoxy groups -OCH3 is 3. The molecule has 0 unspecified atom stereocenters. The second-order valence-electron chi connectivity index (χ2n) is 11.4. The number of sulfonamides is 2. The van der Waals surface area contributed by atoms with E-state index in [0.29, 0.717) is 11.5 Å². The van der Waals surface area contributed by atoms with Gasteiger partial charge in [0.1, 0.15) is 11.5 Å². The van der Waals surface area contributed by atoms with Gasteiger partial charge in [0.2, 0.25) is 20.0 Å². The minimum atomic E-state index is -3.77. The predicted molar refractivity (Wildman–Crippen MR) is 186 cm³/mol. The third-order valence-electron chi connectivity index (χ3n) is 8.69. The minimum absolute atomic E-state index is 0. The van der Waals surface area contributed by atoms with Crippen LogP contribution in [0.15, 0.2) is 92.0 Å². The standard InChI is InChI=1S/C17H19NO5S2.C16H17NO5S2.Li.H2O/c1-22-13-4-3-5-14(8-13)25(20,21)18-9-15(12-6-7-24-11-12)16(10-18)17(19)23-2;1-22-12-3-2-4-13(7-12)24(20,21)17-8-14(11-5-6-23-10-11)15(9-17)16(18)19;;/h3-8,11,15-16H,9-10H2,1-2H3;2-7,10,14-15H,8-9H2,1H3,(H,18,19);;1H2/q;;+1;/p-1/t15-,16+;14-,15+;;/m00../s1. The van der Waals surface area contributed by atoms with E-state index < -0.39 is 37.9 Å². The number of thiophene rings is 2. The Morgan fingerprint density at radius 1 is 0.706 bits per heavy atom. The molecular weight excluding hydrogens is 736 g/mol. The van der Waals surface area contributed by atoms with Crippen LogP contribution in [0.2, 0.25) is 0 Å². The number of carbonyl (C=O) groups excluding carboxylic acids is 1. The molecule has 4 atom stereocenters. The number of ether oxygens (including phenoxy) is 3. The van der Waals surface area contributed by atoms with Gasteiger partial charge in [-0.1, -0.05) is 12.1 Å². The van der Waals surface area contributed by atoms with E-state index in [9.17, 15) is 31.5 Å². The van der Waals surface area contributed by atoms with Crippen LogP contribution in [-0.2, 0) is 34.4 Å². The molecule has 4 aromatic rings. The van der Waals surface area contributed by atoms with Crippen molar-refractivity contribution in [1.82, 2.24) is 8.61 Å². The van der Waals surface area contributed by atoms with Gasteiger partial charge in [0.15, 0.2) is 0 Å². The molecule has 0 aliphatic carbocycles. The third kappa shape index (κ3) is 9.23. The quantitative estimate of drug-likeness (QED) is 0.182. The first-order valence-corrected chi connectivity index (χ1v) is 19.8. The van der Waals surface area contributed by atoms with Crippen molar-refractivity contribution >= 4 is 54.7 Å². The van der Waals surface area contributed by atoms with Gasteiger partial charge in [-0.3, -0.25) is 9.59 Å². The molecule has 270 valence electrons. The number of carbonyl (C=O) groups is 2. The van der Waals surface area contributed by atoms with Gasteiger partial charge in [-0.05, 0) is 69.0 Å². The van der Waals surface area contributed by atoms with E-state index in [-0.39, 0.29) is 78.1 Å². The second-order valence-corrected chi connectivity index (χ2v) is 16.8. The Morgan fingerprint density at radius 3 is 1.51 bits per heavy atom. The molecule has 6 rings (SSSR count). The Bertz CT molecular complexity index is 1970. The predicted octanol–water partition coefficient (Wildman–Crippen LogP) is 1.41. The number of hydrogen-bond acceptors (Lipinski definition) is 12. The molecule has 0 radical (unpaired) electrons. The van der Waals surface area contributed by atoms with Gasteiger partial charge < -0.3 is 24.8 Å². The Hall–Kier alpha value is -3.24. The largest absolute Gasteiger partial charge is 1.00 e. The van der Waals surface area contributed by atoms with E-state index in [1.807, 2.05) is 33.7 Å². The van der Waals surface area contributed by atoms with Crippen LogP contribution < -0.4 is 28.3 Å². The van der Waals surface area contributed by atoms with E-state index in [1.165, 1.54) is 76.9 Å². The molecule has 0 amide bonds. The van der Waals surface area contributed by atoms with Crippen molar-refractivity contribution in [1.29, 1.82) is 0 Å². The van der Waals surface area contributed by atoms with E-state index in [0.717, 1.165) is 11.1 Å². The SMILES string of the molecule is COC(=O)[C@@H]1CN(S(=O)(=O)c2cccc(OC)c2)C[C@H]1c1ccsc1.COc1cccc(S(=O)(=O)N2C[C@@H](C(=O)O)[C@H](c3ccsc3)C2)c1.[Li+].[OH-]. The second kappa shape index (κ2) is 18.0. The topological polar surface area (TPSA) is 187 Å². The van der Waals surface area contributed by atoms with Gasteiger partial charge in [0.25, 0.3) is 0 Å². The summed E-state index contributed by atoms with van der Waals surface area (Å²) in [4.78, 5) is 24.0. The summed E-state index contributed by atoms with van der Waals surface area (Å²) in [5, 5.41) is 17.1. The first-order valence-electron chi connectivity index (χ1n) is 15.0. The molecule has 2 aromatic carbocycles. The van der Waals surface area contributed by atoms with Gasteiger partial charge in [0, 0.05) is 50.1 Å². The summed E-state index contributed by atoms with van der Waals surface area (Å²) in [5.74, 6) is -2.26. The van der Waals surface area contributed by atoms with Crippen LogP contribution in [0.25, 0.3) is 0 Å². The number of carboxylic acid groups (broad SMARTS) is 1. The normalized spacial score (nSPS) is 20.6. The minimum Gasteiger partial charge on any atom is -0.870 e. The summed E-state index contributed by atoms with van der Waals surface area (Å²) in [6.45, 7) is 0.478. The fourth-order valence-electron chi connectivity index (χ4n) is 6.04. The molecule has 2 aliphatic heterocycles. The Labute approximate surface area is 317 Å². The van der Waals surface area contributed by atoms with Gasteiger partial charge in [0.05, 0.1) is 43.0 Å². The molecule has 51 heavy (non-hydrogen) atoms. The summed E-state index contributed by atoms with van der Waals surface area (Å²) in [5.41, 5.74) is 1.83. The van der Waals surface area contributed by atoms with Gasteiger partial charge >= 0.3 is 30.8 Å². The number of benzene rings is 2. The van der Waals surface area contributed by atoms with Crippen molar-refractivity contribution < 1.29 is 70.1 Å². The number of rotatable bonds is 10. The molecule has 2 fully saturated rings. The zero-order valence-electron chi connectivity index (χ0n) is 28.3. The van der Waals surface area contributed by atoms with Crippen molar-refractivity contribution in [2.75, 3.05) is 47.5 Å². The molecule has 18 heteroatoms. The summed E-state index contributed by atoms with van der Waals surface area (Å²) < 4.78 is 69.4. The van der Waals surface area contributed by atoms with Crippen LogP contribution >= 0.6 is 22.7 Å². The van der Waals surface area contributed by atoms with Crippen LogP contribution in [0.1, 0.15) is 23.0 Å². The van der Waals surface area contributed by atoms with Crippen molar-refractivity contribution in [3.05, 3.63) is 93.3 Å². The summed E-state index contributed by atoms with van der Waals surface area (Å²) in [7, 11) is -3.21. The summed E-state index contributed by atoms with van der Waals surface area (Å²) in [6, 6.07) is 16.3. The molecular formula is C33H37LiN2O11S4. The number of carboxylic acids is 1. The van der Waals surface area contributed by atoms with Gasteiger partial charge in [-0.25, -0.2) is 16.8 Å². The number of esters is 1. The first-order chi connectivity index (χ1) is 23.4. The van der Waals surface area contributed by atoms with Crippen molar-refractivity contribution in [3.63, 3.8) is 0 Å². The molecule has 2 aromatic heterocycles. The zero-order valence-corrected chi connectivity index (χ0v) is 31.6. The molecule has 0 spiro atoms. The Morgan fingerprint density at radius 2 is 1.14 bits per heavy atom. The maximum atomic E-state index is 13.0. The zero-order chi connectivity index (χ0) is 35.3. The first kappa shape index (κ1) is 42.2. The van der Waals surface area contributed by atoms with E-state index >= 15 is 0 Å². The molecule has 4 heterocycles. The van der Waals surface area contributed by atoms with Crippen molar-refractivity contribution in [2.24, 2.45) is 11.8 Å². The van der Waals surface area contributed by atoms with E-state index in [1.54, 1.807) is 24.3 Å². The molecule has 0 bridgehead atoms. The fraction of sp³-hybridized carbons (Fsp3) is 0.333. The van der Waals surface area contributed by atoms with Gasteiger partial charge in [-0.15, -0.1) is 0 Å². The molecule has 0 saturated carbocycles. The molecule has 13 nitrogen and oxygen atoms in total. The molecule has 2 N–H and O–H groups in total. The smallest absolute Gasteiger partial charge is 0.870 e. The number of nitrogens with zero attached hydrogens (tertiary/aromatic N) is 2. The number of hydrogen-bond donors (Lipinski definition) is 1. The third-order valence-corrected chi connectivity index (χ3v) is 13.8. The van der Waals surface area contributed by atoms with Crippen LogP contribution in [-0.4, -0.2) is 95.5 Å². The average Bonchev–Trinajstić information content (AvgIpc) is 3.94. The number of aliphatic carboxylic acids is 1. The maximum Gasteiger partial charge on any atom is 1.00 e. The van der Waals surface area contributed by atoms with E-state index in [2.05, 4.69) is 0 Å². The van der Waals surface area contributed by atoms with Crippen LogP contribution in [0.5, 0.6) is 11.5 Å². The molecule has 2 aliphatic rings. The molecule has 2 saturated heterocycles. The van der Waals surface area contributed by atoms with Crippen LogP contribution in [0.4, 0.5) is 0 Å². The van der Waals surface area contributed by atoms with Crippen LogP contribution in [0.3, 0.4) is 0 Å². The van der Waals surface area contributed by atoms with Crippen molar-refractivity contribution in [2.45, 2.75) is 21.6 Å². The fourth-order valence-corrected chi connectivity index (χ4v) is 10.5. The summed E-state index contributed by atoms with van der Waals surface area (Å²) in [6.07, 6.45) is 0. The van der Waals surface area contributed by atoms with Crippen LogP contribution in [0, 0.1) is 11.8 Å². The monoisotopic (exact) mass is 772 g/mol. The Kier molecular flexibility index (Phi) is 14.9. The van der Waals surface area contributed by atoms with Gasteiger partial charge in [-0.2, -0.15) is 31.3 Å². The average molecular weight is 773 g/mol. The van der Waals surface area contributed by atoms with E-state index in [4.69, 9.17) is 14.2 Å². The maximum absolute atomic E-state index is 13.0. The van der Waals surface area contributed by atoms with Crippen molar-refractivity contribution in [3.8, 4) is 11.5 Å². The summed E-state index contributed by atoms with van der Waals surface area (Å²) >= 11 is 2.99. The Balaban J connectivity index is 0.000000265.